The number of methoxy groups -OCH3 is 1. The SMILES string of the molecule is CNC1CCN(S(=O)(=O)c2cc(C)cc(C)c2OC)CC1. The highest BCUT2D eigenvalue weighted by atomic mass is 32.2. The van der Waals surface area contributed by atoms with Crippen LogP contribution < -0.4 is 10.1 Å². The largest absolute Gasteiger partial charge is 0.495 e. The molecule has 2 rings (SSSR count). The van der Waals surface area contributed by atoms with Crippen molar-refractivity contribution in [3.63, 3.8) is 0 Å². The highest BCUT2D eigenvalue weighted by Crippen LogP contribution is 2.32. The monoisotopic (exact) mass is 312 g/mol. The topological polar surface area (TPSA) is 58.6 Å². The van der Waals surface area contributed by atoms with E-state index in [1.165, 1.54) is 7.11 Å². The number of sulfonamides is 1. The van der Waals surface area contributed by atoms with Gasteiger partial charge in [0, 0.05) is 19.1 Å². The van der Waals surface area contributed by atoms with Gasteiger partial charge in [-0.15, -0.1) is 0 Å². The number of nitrogens with zero attached hydrogens (tertiary/aromatic N) is 1. The van der Waals surface area contributed by atoms with Crippen LogP contribution in [0, 0.1) is 13.8 Å². The van der Waals surface area contributed by atoms with Gasteiger partial charge >= 0.3 is 0 Å². The van der Waals surface area contributed by atoms with Gasteiger partial charge in [0.1, 0.15) is 10.6 Å². The Morgan fingerprint density at radius 2 is 1.86 bits per heavy atom. The molecule has 0 amide bonds. The zero-order valence-electron chi connectivity index (χ0n) is 13.1. The van der Waals surface area contributed by atoms with E-state index in [9.17, 15) is 8.42 Å². The highest BCUT2D eigenvalue weighted by molar-refractivity contribution is 7.89. The summed E-state index contributed by atoms with van der Waals surface area (Å²) in [7, 11) is -0.0647. The molecule has 118 valence electrons. The Kier molecular flexibility index (Phi) is 4.91. The quantitative estimate of drug-likeness (QED) is 0.919. The first kappa shape index (κ1) is 16.3. The average molecular weight is 312 g/mol. The Morgan fingerprint density at radius 1 is 1.24 bits per heavy atom. The van der Waals surface area contributed by atoms with Crippen LogP contribution in [0.1, 0.15) is 24.0 Å². The van der Waals surface area contributed by atoms with E-state index in [1.807, 2.05) is 27.0 Å². The van der Waals surface area contributed by atoms with E-state index < -0.39 is 10.0 Å². The number of hydrogen-bond acceptors (Lipinski definition) is 4. The van der Waals surface area contributed by atoms with Gasteiger partial charge in [0.2, 0.25) is 10.0 Å². The third-order valence-electron chi connectivity index (χ3n) is 4.07. The standard InChI is InChI=1S/C15H24N2O3S/c1-11-9-12(2)15(20-4)14(10-11)21(18,19)17-7-5-13(16-3)6-8-17/h9-10,13,16H,5-8H2,1-4H3. The molecule has 5 nitrogen and oxygen atoms in total. The molecule has 1 aliphatic rings. The first-order chi connectivity index (χ1) is 9.90. The van der Waals surface area contributed by atoms with Crippen LogP contribution in [0.5, 0.6) is 5.75 Å². The lowest BCUT2D eigenvalue weighted by Gasteiger charge is -2.31. The molecule has 21 heavy (non-hydrogen) atoms. The summed E-state index contributed by atoms with van der Waals surface area (Å²) < 4.78 is 32.7. The van der Waals surface area contributed by atoms with Gasteiger partial charge in [-0.3, -0.25) is 0 Å². The van der Waals surface area contributed by atoms with Crippen LogP contribution in [0.3, 0.4) is 0 Å². The van der Waals surface area contributed by atoms with Gasteiger partial charge in [-0.2, -0.15) is 4.31 Å². The van der Waals surface area contributed by atoms with Crippen LogP contribution in [0.2, 0.25) is 0 Å². The number of hydrogen-bond donors (Lipinski definition) is 1. The molecule has 0 radical (unpaired) electrons. The fourth-order valence-electron chi connectivity index (χ4n) is 2.89. The van der Waals surface area contributed by atoms with Gasteiger partial charge < -0.3 is 10.1 Å². The van der Waals surface area contributed by atoms with Crippen LogP contribution in [0.4, 0.5) is 0 Å². The highest BCUT2D eigenvalue weighted by Gasteiger charge is 2.31. The molecule has 0 saturated carbocycles. The molecule has 0 aliphatic carbocycles. The van der Waals surface area contributed by atoms with E-state index in [1.54, 1.807) is 10.4 Å². The Hall–Kier alpha value is -1.11. The first-order valence-electron chi connectivity index (χ1n) is 7.22. The molecule has 0 unspecified atom stereocenters. The van der Waals surface area contributed by atoms with E-state index >= 15 is 0 Å². The van der Waals surface area contributed by atoms with Crippen molar-refractivity contribution in [3.8, 4) is 5.75 Å². The van der Waals surface area contributed by atoms with Crippen molar-refractivity contribution in [3.05, 3.63) is 23.3 Å². The third-order valence-corrected chi connectivity index (χ3v) is 5.97. The maximum atomic E-state index is 12.9. The lowest BCUT2D eigenvalue weighted by atomic mass is 10.1. The minimum absolute atomic E-state index is 0.283. The van der Waals surface area contributed by atoms with Gasteiger partial charge in [-0.1, -0.05) is 6.07 Å². The van der Waals surface area contributed by atoms with Crippen molar-refractivity contribution in [2.24, 2.45) is 0 Å². The fourth-order valence-corrected chi connectivity index (χ4v) is 4.68. The normalized spacial score (nSPS) is 17.9. The zero-order chi connectivity index (χ0) is 15.6. The predicted octanol–water partition coefficient (Wildman–Crippen LogP) is 1.68. The first-order valence-corrected chi connectivity index (χ1v) is 8.66. The Morgan fingerprint density at radius 3 is 2.38 bits per heavy atom. The third kappa shape index (κ3) is 3.22. The summed E-state index contributed by atoms with van der Waals surface area (Å²) in [6.45, 7) is 4.87. The molecular weight excluding hydrogens is 288 g/mol. The molecule has 1 aromatic carbocycles. The van der Waals surface area contributed by atoms with Crippen molar-refractivity contribution in [1.29, 1.82) is 0 Å². The summed E-state index contributed by atoms with van der Waals surface area (Å²) in [5, 5.41) is 3.21. The van der Waals surface area contributed by atoms with E-state index in [2.05, 4.69) is 5.32 Å². The van der Waals surface area contributed by atoms with Gasteiger partial charge in [-0.05, 0) is 50.9 Å². The minimum Gasteiger partial charge on any atom is -0.495 e. The molecule has 1 aromatic rings. The van der Waals surface area contributed by atoms with Crippen LogP contribution in [0.25, 0.3) is 0 Å². The number of rotatable bonds is 4. The lowest BCUT2D eigenvalue weighted by Crippen LogP contribution is -2.43. The molecule has 0 spiro atoms. The van der Waals surface area contributed by atoms with E-state index in [0.29, 0.717) is 24.9 Å². The van der Waals surface area contributed by atoms with E-state index in [-0.39, 0.29) is 4.90 Å². The maximum absolute atomic E-state index is 12.9. The van der Waals surface area contributed by atoms with Crippen LogP contribution in [0.15, 0.2) is 17.0 Å². The Labute approximate surface area is 127 Å². The minimum atomic E-state index is -3.50. The summed E-state index contributed by atoms with van der Waals surface area (Å²) in [5.41, 5.74) is 1.78. The number of aryl methyl sites for hydroxylation is 2. The van der Waals surface area contributed by atoms with E-state index in [0.717, 1.165) is 24.0 Å². The van der Waals surface area contributed by atoms with Crippen molar-refractivity contribution in [2.45, 2.75) is 37.6 Å². The second-order valence-corrected chi connectivity index (χ2v) is 7.49. The molecule has 1 heterocycles. The summed E-state index contributed by atoms with van der Waals surface area (Å²) in [5.74, 6) is 0.455. The molecule has 0 aromatic heterocycles. The molecule has 1 aliphatic heterocycles. The summed E-state index contributed by atoms with van der Waals surface area (Å²) in [6.07, 6.45) is 1.67. The van der Waals surface area contributed by atoms with Gasteiger partial charge in [0.15, 0.2) is 0 Å². The predicted molar refractivity (Wildman–Crippen MR) is 83.3 cm³/mol. The number of benzene rings is 1. The second-order valence-electron chi connectivity index (χ2n) is 5.58. The Bertz CT molecular complexity index is 606. The molecular formula is C15H24N2O3S. The summed E-state index contributed by atoms with van der Waals surface area (Å²) in [4.78, 5) is 0.283. The number of piperidine rings is 1. The molecule has 1 saturated heterocycles. The zero-order valence-corrected chi connectivity index (χ0v) is 14.0. The van der Waals surface area contributed by atoms with Crippen molar-refractivity contribution in [1.82, 2.24) is 9.62 Å². The van der Waals surface area contributed by atoms with E-state index in [4.69, 9.17) is 4.74 Å². The summed E-state index contributed by atoms with van der Waals surface area (Å²) >= 11 is 0. The molecule has 0 bridgehead atoms. The smallest absolute Gasteiger partial charge is 0.246 e. The van der Waals surface area contributed by atoms with Crippen LogP contribution in [-0.4, -0.2) is 46.0 Å². The van der Waals surface area contributed by atoms with Gasteiger partial charge in [-0.25, -0.2) is 8.42 Å². The van der Waals surface area contributed by atoms with Crippen molar-refractivity contribution >= 4 is 10.0 Å². The Balaban J connectivity index is 2.36. The fraction of sp³-hybridized carbons (Fsp3) is 0.600. The van der Waals surface area contributed by atoms with Crippen molar-refractivity contribution in [2.75, 3.05) is 27.2 Å². The lowest BCUT2D eigenvalue weighted by molar-refractivity contribution is 0.297. The molecule has 0 atom stereocenters. The van der Waals surface area contributed by atoms with Crippen LogP contribution in [-0.2, 0) is 10.0 Å². The van der Waals surface area contributed by atoms with Gasteiger partial charge in [0.25, 0.3) is 0 Å². The number of nitrogens with one attached hydrogen (secondary N) is 1. The van der Waals surface area contributed by atoms with Crippen molar-refractivity contribution < 1.29 is 13.2 Å². The maximum Gasteiger partial charge on any atom is 0.246 e. The summed E-state index contributed by atoms with van der Waals surface area (Å²) in [6, 6.07) is 4.04. The number of ether oxygens (including phenoxy) is 1. The average Bonchev–Trinajstić information content (AvgIpc) is 2.46. The van der Waals surface area contributed by atoms with Crippen LogP contribution >= 0.6 is 0 Å². The molecule has 1 N–H and O–H groups in total. The second kappa shape index (κ2) is 6.34. The molecule has 6 heteroatoms. The molecule has 1 fully saturated rings. The van der Waals surface area contributed by atoms with Gasteiger partial charge in [0.05, 0.1) is 7.11 Å².